The van der Waals surface area contributed by atoms with Gasteiger partial charge in [-0.1, -0.05) is 114 Å². The summed E-state index contributed by atoms with van der Waals surface area (Å²) < 4.78 is 0. The second kappa shape index (κ2) is 13.3. The van der Waals surface area contributed by atoms with Gasteiger partial charge in [-0.15, -0.1) is 0 Å². The molecule has 0 aromatic carbocycles. The van der Waals surface area contributed by atoms with Crippen molar-refractivity contribution in [2.24, 2.45) is 11.8 Å². The first-order chi connectivity index (χ1) is 18.1. The molecular weight excluding hydrogens is 446 g/mol. The van der Waals surface area contributed by atoms with Crippen molar-refractivity contribution in [3.63, 3.8) is 0 Å². The van der Waals surface area contributed by atoms with E-state index in [0.717, 1.165) is 38.5 Å². The molecule has 4 aliphatic carbocycles. The minimum Gasteiger partial charge on any atom is -0.391 e. The maximum absolute atomic E-state index is 4.05. The second-order valence-corrected chi connectivity index (χ2v) is 10.4. The lowest BCUT2D eigenvalue weighted by atomic mass is 9.78. The highest BCUT2D eigenvalue weighted by Crippen LogP contribution is 2.38. The molecule has 2 atom stereocenters. The van der Waals surface area contributed by atoms with E-state index >= 15 is 0 Å². The van der Waals surface area contributed by atoms with Crippen LogP contribution < -0.4 is 5.32 Å². The quantitative estimate of drug-likeness (QED) is 0.318. The van der Waals surface area contributed by atoms with Crippen molar-refractivity contribution >= 4 is 0 Å². The Kier molecular flexibility index (Phi) is 9.60. The van der Waals surface area contributed by atoms with Crippen LogP contribution in [0.1, 0.15) is 58.8 Å². The topological polar surface area (TPSA) is 12.0 Å². The van der Waals surface area contributed by atoms with Crippen molar-refractivity contribution < 1.29 is 0 Å². The summed E-state index contributed by atoms with van der Waals surface area (Å²) in [6, 6.07) is 0. The van der Waals surface area contributed by atoms with Crippen molar-refractivity contribution in [3.8, 4) is 0 Å². The van der Waals surface area contributed by atoms with Gasteiger partial charge in [0.25, 0.3) is 0 Å². The Morgan fingerprint density at radius 2 is 1.81 bits per heavy atom. The average Bonchev–Trinajstić information content (AvgIpc) is 2.95. The molecule has 0 saturated carbocycles. The number of allylic oxidation sites excluding steroid dienone is 22. The molecule has 1 nitrogen and oxygen atoms in total. The van der Waals surface area contributed by atoms with Crippen LogP contribution in [0.15, 0.2) is 142 Å². The van der Waals surface area contributed by atoms with Gasteiger partial charge in [-0.05, 0) is 81.1 Å². The Bertz CT molecular complexity index is 1210. The third-order valence-corrected chi connectivity index (χ3v) is 7.86. The predicted molar refractivity (Wildman–Crippen MR) is 162 cm³/mol. The Balaban J connectivity index is 1.68. The molecule has 0 aliphatic heterocycles. The third kappa shape index (κ3) is 6.92. The number of hydrogen-bond acceptors (Lipinski definition) is 1. The summed E-state index contributed by atoms with van der Waals surface area (Å²) in [5.41, 5.74) is 11.2. The fourth-order valence-corrected chi connectivity index (χ4v) is 5.62. The zero-order valence-electron chi connectivity index (χ0n) is 23.0. The highest BCUT2D eigenvalue weighted by molar-refractivity contribution is 5.51. The maximum atomic E-state index is 4.05. The molecule has 0 radical (unpaired) electrons. The van der Waals surface area contributed by atoms with Crippen molar-refractivity contribution in [2.45, 2.75) is 58.8 Å². The van der Waals surface area contributed by atoms with Gasteiger partial charge in [-0.2, -0.15) is 0 Å². The Morgan fingerprint density at radius 3 is 2.43 bits per heavy atom. The van der Waals surface area contributed by atoms with Crippen LogP contribution in [0.3, 0.4) is 0 Å². The van der Waals surface area contributed by atoms with Crippen LogP contribution in [0, 0.1) is 11.8 Å². The monoisotopic (exact) mass is 489 g/mol. The standard InChI is InChI=1S/C36H43N/c1-5-7-12-28(6-2)33-15-11-16-34(25-33)36(37-4)26-35(31-19-17-27(3)18-20-31)32-23-21-30(22-24-32)29-13-9-8-10-14-29/h5-7,9,11-15,17,19,21,23,25-26,34-35,37H,2,8,10,16,18,20,22,24H2,1,3-4H3/b7-5-,28-12+,36-26-. The van der Waals surface area contributed by atoms with Crippen LogP contribution >= 0.6 is 0 Å². The first kappa shape index (κ1) is 26.7. The summed E-state index contributed by atoms with van der Waals surface area (Å²) in [7, 11) is 2.08. The summed E-state index contributed by atoms with van der Waals surface area (Å²) in [5, 5.41) is 3.59. The first-order valence-electron chi connectivity index (χ1n) is 14.0. The Morgan fingerprint density at radius 1 is 1.00 bits per heavy atom. The van der Waals surface area contributed by atoms with Crippen molar-refractivity contribution in [3.05, 3.63) is 142 Å². The summed E-state index contributed by atoms with van der Waals surface area (Å²) in [6.07, 6.45) is 42.1. The fraction of sp³-hybridized carbons (Fsp3) is 0.333. The van der Waals surface area contributed by atoms with Gasteiger partial charge in [0.05, 0.1) is 0 Å². The lowest BCUT2D eigenvalue weighted by Crippen LogP contribution is -2.20. The molecule has 0 heterocycles. The lowest BCUT2D eigenvalue weighted by molar-refractivity contribution is 0.664. The molecule has 0 bridgehead atoms. The van der Waals surface area contributed by atoms with Crippen LogP contribution in [0.4, 0.5) is 0 Å². The zero-order valence-corrected chi connectivity index (χ0v) is 23.0. The molecule has 192 valence electrons. The van der Waals surface area contributed by atoms with Crippen LogP contribution in [-0.2, 0) is 0 Å². The van der Waals surface area contributed by atoms with Crippen LogP contribution in [0.25, 0.3) is 0 Å². The number of nitrogens with one attached hydrogen (secondary N) is 1. The van der Waals surface area contributed by atoms with Gasteiger partial charge in [0.15, 0.2) is 0 Å². The van der Waals surface area contributed by atoms with Crippen molar-refractivity contribution in [1.29, 1.82) is 0 Å². The molecular formula is C36H43N. The van der Waals surface area contributed by atoms with Gasteiger partial charge in [-0.3, -0.25) is 0 Å². The van der Waals surface area contributed by atoms with Crippen LogP contribution in [0.5, 0.6) is 0 Å². The van der Waals surface area contributed by atoms with E-state index in [2.05, 4.69) is 111 Å². The number of rotatable bonds is 9. The van der Waals surface area contributed by atoms with Gasteiger partial charge in [-0.25, -0.2) is 0 Å². The SMILES string of the molecule is C=C/C(=C\C=C/C)C1=CC(/C(=C/C(C2=CC=C(C)CC2)C2=CC=C(C3=CCCC=C3)CC2)NC)CC=C1. The average molecular weight is 490 g/mol. The van der Waals surface area contributed by atoms with Gasteiger partial charge in [0.2, 0.25) is 0 Å². The predicted octanol–water partition coefficient (Wildman–Crippen LogP) is 9.49. The minimum absolute atomic E-state index is 0.329. The molecule has 1 N–H and O–H groups in total. The van der Waals surface area contributed by atoms with Crippen molar-refractivity contribution in [2.75, 3.05) is 7.05 Å². The first-order valence-corrected chi connectivity index (χ1v) is 14.0. The molecule has 0 saturated heterocycles. The Hall–Kier alpha value is -3.32. The van der Waals surface area contributed by atoms with E-state index in [-0.39, 0.29) is 0 Å². The minimum atomic E-state index is 0.329. The largest absolute Gasteiger partial charge is 0.391 e. The summed E-state index contributed by atoms with van der Waals surface area (Å²) in [4.78, 5) is 0. The molecule has 1 heteroatoms. The summed E-state index contributed by atoms with van der Waals surface area (Å²) in [6.45, 7) is 8.35. The highest BCUT2D eigenvalue weighted by Gasteiger charge is 2.23. The molecule has 0 spiro atoms. The van der Waals surface area contributed by atoms with Crippen LogP contribution in [0.2, 0.25) is 0 Å². The third-order valence-electron chi connectivity index (χ3n) is 7.86. The van der Waals surface area contributed by atoms with Gasteiger partial charge >= 0.3 is 0 Å². The molecule has 4 rings (SSSR count). The second-order valence-electron chi connectivity index (χ2n) is 10.4. The smallest absolute Gasteiger partial charge is 0.0213 e. The van der Waals surface area contributed by atoms with Gasteiger partial charge in [0.1, 0.15) is 0 Å². The molecule has 0 aromatic heterocycles. The molecule has 37 heavy (non-hydrogen) atoms. The summed E-state index contributed by atoms with van der Waals surface area (Å²) in [5.74, 6) is 0.663. The Labute approximate surface area is 225 Å². The maximum Gasteiger partial charge on any atom is 0.0213 e. The number of hydrogen-bond donors (Lipinski definition) is 1. The fourth-order valence-electron chi connectivity index (χ4n) is 5.62. The van der Waals surface area contributed by atoms with E-state index in [9.17, 15) is 0 Å². The van der Waals surface area contributed by atoms with E-state index < -0.39 is 0 Å². The highest BCUT2D eigenvalue weighted by atomic mass is 14.8. The van der Waals surface area contributed by atoms with E-state index in [1.807, 2.05) is 13.0 Å². The zero-order chi connectivity index (χ0) is 26.0. The molecule has 0 amide bonds. The lowest BCUT2D eigenvalue weighted by Gasteiger charge is -2.28. The molecule has 4 aliphatic rings. The van der Waals surface area contributed by atoms with E-state index in [4.69, 9.17) is 0 Å². The molecule has 0 fully saturated rings. The molecule has 0 aromatic rings. The van der Waals surface area contributed by atoms with Crippen LogP contribution in [-0.4, -0.2) is 7.05 Å². The van der Waals surface area contributed by atoms with E-state index in [1.165, 1.54) is 51.1 Å². The van der Waals surface area contributed by atoms with E-state index in [0.29, 0.717) is 11.8 Å². The molecule has 2 unspecified atom stereocenters. The summed E-state index contributed by atoms with van der Waals surface area (Å²) >= 11 is 0. The van der Waals surface area contributed by atoms with E-state index in [1.54, 1.807) is 0 Å². The normalized spacial score (nSPS) is 23.5. The van der Waals surface area contributed by atoms with Crippen molar-refractivity contribution in [1.82, 2.24) is 5.32 Å². The van der Waals surface area contributed by atoms with Gasteiger partial charge in [0, 0.05) is 24.6 Å². The van der Waals surface area contributed by atoms with Gasteiger partial charge < -0.3 is 5.32 Å².